The molecule has 0 unspecified atom stereocenters. The average Bonchev–Trinajstić information content (AvgIpc) is 3.33. The van der Waals surface area contributed by atoms with Crippen LogP contribution >= 0.6 is 11.3 Å². The number of carbonyl (C=O) groups excluding carboxylic acids is 1. The number of aryl methyl sites for hydroxylation is 1. The van der Waals surface area contributed by atoms with Gasteiger partial charge in [-0.25, -0.2) is 9.97 Å². The van der Waals surface area contributed by atoms with E-state index in [1.54, 1.807) is 10.9 Å². The zero-order valence-corrected chi connectivity index (χ0v) is 17.6. The van der Waals surface area contributed by atoms with E-state index in [9.17, 15) is 9.59 Å². The van der Waals surface area contributed by atoms with Crippen molar-refractivity contribution < 1.29 is 4.79 Å². The van der Waals surface area contributed by atoms with Crippen molar-refractivity contribution in [1.29, 1.82) is 0 Å². The number of hydrogen-bond donors (Lipinski definition) is 1. The number of H-pyrrole nitrogens is 1. The molecule has 1 saturated heterocycles. The lowest BCUT2D eigenvalue weighted by atomic mass is 9.95. The fourth-order valence-corrected chi connectivity index (χ4v) is 4.30. The lowest BCUT2D eigenvalue weighted by Gasteiger charge is -2.31. The highest BCUT2D eigenvalue weighted by Gasteiger charge is 2.26. The summed E-state index contributed by atoms with van der Waals surface area (Å²) in [6.45, 7) is 7.53. The number of piperidine rings is 1. The number of carbonyl (C=O) groups is 1. The van der Waals surface area contributed by atoms with Crippen molar-refractivity contribution in [2.45, 2.75) is 46.1 Å². The van der Waals surface area contributed by atoms with E-state index in [1.165, 1.54) is 17.4 Å². The van der Waals surface area contributed by atoms with Gasteiger partial charge in [-0.05, 0) is 39.2 Å². The van der Waals surface area contributed by atoms with Crippen LogP contribution in [0.2, 0.25) is 0 Å². The number of aromatic amines is 1. The molecule has 0 radical (unpaired) electrons. The van der Waals surface area contributed by atoms with Crippen molar-refractivity contribution in [2.24, 2.45) is 0 Å². The Balaban J connectivity index is 1.42. The molecule has 1 fully saturated rings. The molecule has 1 amide bonds. The molecular formula is C20H24N6O2S. The number of likely N-dealkylation sites (tertiary alicyclic amines) is 1. The van der Waals surface area contributed by atoms with E-state index in [0.717, 1.165) is 34.8 Å². The molecule has 4 rings (SSSR count). The van der Waals surface area contributed by atoms with Gasteiger partial charge in [0, 0.05) is 42.3 Å². The second-order valence-electron chi connectivity index (χ2n) is 7.46. The molecule has 0 atom stereocenters. The first kappa shape index (κ1) is 19.5. The fraction of sp³-hybridized carbons (Fsp3) is 0.450. The van der Waals surface area contributed by atoms with Gasteiger partial charge in [-0.1, -0.05) is 0 Å². The normalized spacial score (nSPS) is 15.1. The van der Waals surface area contributed by atoms with Gasteiger partial charge in [0.2, 0.25) is 5.91 Å². The molecule has 1 aliphatic heterocycles. The summed E-state index contributed by atoms with van der Waals surface area (Å²) in [4.78, 5) is 38.5. The standard InChI is InChI=1S/C20H24N6O2S/c1-12-13(2)24-26(14(12)3)11-18(28)25-7-4-15(5-8-25)19-22-16(10-17(27)23-19)20-21-6-9-29-20/h6,9-10,15H,4-5,7-8,11H2,1-3H3,(H,22,23,27). The Morgan fingerprint density at radius 1 is 1.28 bits per heavy atom. The molecular weight excluding hydrogens is 388 g/mol. The average molecular weight is 413 g/mol. The quantitative estimate of drug-likeness (QED) is 0.710. The van der Waals surface area contributed by atoms with E-state index in [1.807, 2.05) is 31.1 Å². The summed E-state index contributed by atoms with van der Waals surface area (Å²) in [5.41, 5.74) is 3.57. The Kier molecular flexibility index (Phi) is 5.31. The van der Waals surface area contributed by atoms with Crippen LogP contribution < -0.4 is 5.56 Å². The maximum atomic E-state index is 12.7. The van der Waals surface area contributed by atoms with Gasteiger partial charge in [0.05, 0.1) is 5.69 Å². The smallest absolute Gasteiger partial charge is 0.251 e. The topological polar surface area (TPSA) is 96.8 Å². The van der Waals surface area contributed by atoms with E-state index in [4.69, 9.17) is 0 Å². The molecule has 1 N–H and O–H groups in total. The zero-order valence-electron chi connectivity index (χ0n) is 16.8. The first-order chi connectivity index (χ1) is 13.9. The number of thiazole rings is 1. The Bertz CT molecular complexity index is 1080. The van der Waals surface area contributed by atoms with E-state index >= 15 is 0 Å². The third-order valence-electron chi connectivity index (χ3n) is 5.67. The minimum absolute atomic E-state index is 0.0760. The van der Waals surface area contributed by atoms with Crippen LogP contribution in [-0.2, 0) is 11.3 Å². The third kappa shape index (κ3) is 4.00. The highest BCUT2D eigenvalue weighted by atomic mass is 32.1. The summed E-state index contributed by atoms with van der Waals surface area (Å²) < 4.78 is 1.79. The highest BCUT2D eigenvalue weighted by molar-refractivity contribution is 7.13. The van der Waals surface area contributed by atoms with E-state index in [0.29, 0.717) is 24.6 Å². The maximum absolute atomic E-state index is 12.7. The second kappa shape index (κ2) is 7.90. The predicted octanol–water partition coefficient (Wildman–Crippen LogP) is 2.42. The van der Waals surface area contributed by atoms with Crippen LogP contribution in [0, 0.1) is 20.8 Å². The van der Waals surface area contributed by atoms with Gasteiger partial charge >= 0.3 is 0 Å². The third-order valence-corrected chi connectivity index (χ3v) is 6.47. The number of aromatic nitrogens is 5. The predicted molar refractivity (Wildman–Crippen MR) is 111 cm³/mol. The molecule has 0 aromatic carbocycles. The molecule has 152 valence electrons. The molecule has 3 aromatic rings. The van der Waals surface area contributed by atoms with Gasteiger partial charge in [-0.2, -0.15) is 5.10 Å². The monoisotopic (exact) mass is 412 g/mol. The first-order valence-corrected chi connectivity index (χ1v) is 10.6. The lowest BCUT2D eigenvalue weighted by molar-refractivity contribution is -0.133. The second-order valence-corrected chi connectivity index (χ2v) is 8.36. The van der Waals surface area contributed by atoms with Gasteiger partial charge in [0.25, 0.3) is 5.56 Å². The molecule has 8 nitrogen and oxygen atoms in total. The van der Waals surface area contributed by atoms with Crippen LogP contribution in [0.3, 0.4) is 0 Å². The summed E-state index contributed by atoms with van der Waals surface area (Å²) >= 11 is 1.46. The van der Waals surface area contributed by atoms with Gasteiger partial charge < -0.3 is 9.88 Å². The number of rotatable bonds is 4. The van der Waals surface area contributed by atoms with Crippen molar-refractivity contribution >= 4 is 17.2 Å². The Labute approximate surface area is 172 Å². The Morgan fingerprint density at radius 3 is 2.66 bits per heavy atom. The fourth-order valence-electron chi connectivity index (χ4n) is 3.70. The van der Waals surface area contributed by atoms with E-state index in [2.05, 4.69) is 20.1 Å². The minimum Gasteiger partial charge on any atom is -0.341 e. The van der Waals surface area contributed by atoms with Crippen LogP contribution in [0.5, 0.6) is 0 Å². The Hall–Kier alpha value is -2.81. The first-order valence-electron chi connectivity index (χ1n) is 9.72. The number of nitrogens with zero attached hydrogens (tertiary/aromatic N) is 5. The zero-order chi connectivity index (χ0) is 20.5. The summed E-state index contributed by atoms with van der Waals surface area (Å²) in [6, 6.07) is 1.48. The van der Waals surface area contributed by atoms with E-state index < -0.39 is 0 Å². The van der Waals surface area contributed by atoms with Crippen molar-refractivity contribution in [3.05, 3.63) is 50.8 Å². The maximum Gasteiger partial charge on any atom is 0.251 e. The highest BCUT2D eigenvalue weighted by Crippen LogP contribution is 2.27. The molecule has 1 aliphatic rings. The summed E-state index contributed by atoms with van der Waals surface area (Å²) in [7, 11) is 0. The largest absolute Gasteiger partial charge is 0.341 e. The van der Waals surface area contributed by atoms with Gasteiger partial charge in [0.1, 0.15) is 23.1 Å². The molecule has 4 heterocycles. The van der Waals surface area contributed by atoms with Gasteiger partial charge in [0.15, 0.2) is 0 Å². The van der Waals surface area contributed by atoms with Crippen LogP contribution in [0.4, 0.5) is 0 Å². The van der Waals surface area contributed by atoms with Gasteiger partial charge in [-0.3, -0.25) is 14.3 Å². The van der Waals surface area contributed by atoms with Crippen molar-refractivity contribution in [3.63, 3.8) is 0 Å². The number of hydrogen-bond acceptors (Lipinski definition) is 6. The van der Waals surface area contributed by atoms with Crippen molar-refractivity contribution in [2.75, 3.05) is 13.1 Å². The number of nitrogens with one attached hydrogen (secondary N) is 1. The summed E-state index contributed by atoms with van der Waals surface area (Å²) in [6.07, 6.45) is 3.25. The molecule has 0 bridgehead atoms. The van der Waals surface area contributed by atoms with Gasteiger partial charge in [-0.15, -0.1) is 11.3 Å². The molecule has 9 heteroatoms. The molecule has 0 spiro atoms. The molecule has 0 saturated carbocycles. The summed E-state index contributed by atoms with van der Waals surface area (Å²) in [5, 5.41) is 7.07. The molecule has 29 heavy (non-hydrogen) atoms. The molecule has 0 aliphatic carbocycles. The Morgan fingerprint density at radius 2 is 2.03 bits per heavy atom. The minimum atomic E-state index is -0.168. The number of amides is 1. The SMILES string of the molecule is Cc1nn(CC(=O)N2CCC(c3nc(-c4nccs4)cc(=O)[nH]3)CC2)c(C)c1C. The van der Waals surface area contributed by atoms with Crippen LogP contribution in [0.1, 0.15) is 41.5 Å². The van der Waals surface area contributed by atoms with E-state index in [-0.39, 0.29) is 23.9 Å². The molecule has 3 aromatic heterocycles. The van der Waals surface area contributed by atoms with Crippen molar-refractivity contribution in [1.82, 2.24) is 29.6 Å². The van der Waals surface area contributed by atoms with Crippen LogP contribution in [-0.4, -0.2) is 48.6 Å². The van der Waals surface area contributed by atoms with Crippen molar-refractivity contribution in [3.8, 4) is 10.7 Å². The lowest BCUT2D eigenvalue weighted by Crippen LogP contribution is -2.40. The van der Waals surface area contributed by atoms with Crippen LogP contribution in [0.15, 0.2) is 22.4 Å². The van der Waals surface area contributed by atoms with Crippen LogP contribution in [0.25, 0.3) is 10.7 Å². The summed E-state index contributed by atoms with van der Waals surface area (Å²) in [5.74, 6) is 0.888.